The molecule has 22 heavy (non-hydrogen) atoms. The van der Waals surface area contributed by atoms with Gasteiger partial charge in [0.2, 0.25) is 11.1 Å². The lowest BCUT2D eigenvalue weighted by Crippen LogP contribution is -2.21. The van der Waals surface area contributed by atoms with Gasteiger partial charge in [-0.3, -0.25) is 4.79 Å². The molecule has 118 valence electrons. The predicted molar refractivity (Wildman–Crippen MR) is 87.3 cm³/mol. The lowest BCUT2D eigenvalue weighted by atomic mass is 10.1. The van der Waals surface area contributed by atoms with Gasteiger partial charge in [0, 0.05) is 26.3 Å². The topological polar surface area (TPSA) is 63.9 Å². The largest absolute Gasteiger partial charge is 0.349 e. The number of nitrogens with zero attached hydrogens (tertiary/aromatic N) is 5. The molecule has 1 aromatic carbocycles. The first-order chi connectivity index (χ1) is 10.5. The number of aryl methyl sites for hydroxylation is 2. The third-order valence-electron chi connectivity index (χ3n) is 3.44. The molecule has 6 nitrogen and oxygen atoms in total. The van der Waals surface area contributed by atoms with Crippen molar-refractivity contribution >= 4 is 17.7 Å². The van der Waals surface area contributed by atoms with Crippen molar-refractivity contribution in [1.29, 1.82) is 0 Å². The van der Waals surface area contributed by atoms with E-state index in [4.69, 9.17) is 0 Å². The first-order valence-electron chi connectivity index (χ1n) is 7.18. The summed E-state index contributed by atoms with van der Waals surface area (Å²) in [6.45, 7) is 4.15. The minimum Gasteiger partial charge on any atom is -0.349 e. The molecule has 7 heteroatoms. The van der Waals surface area contributed by atoms with E-state index in [-0.39, 0.29) is 5.91 Å². The van der Waals surface area contributed by atoms with E-state index in [1.807, 2.05) is 6.07 Å². The highest BCUT2D eigenvalue weighted by Gasteiger charge is 2.10. The number of carbonyl (C=O) groups excluding carboxylic acids is 1. The second-order valence-electron chi connectivity index (χ2n) is 5.38. The highest BCUT2D eigenvalue weighted by Crippen LogP contribution is 2.21. The Labute approximate surface area is 134 Å². The highest BCUT2D eigenvalue weighted by molar-refractivity contribution is 7.99. The van der Waals surface area contributed by atoms with Crippen LogP contribution in [0.15, 0.2) is 23.4 Å². The van der Waals surface area contributed by atoms with Crippen LogP contribution < -0.4 is 0 Å². The third-order valence-corrected chi connectivity index (χ3v) is 4.45. The summed E-state index contributed by atoms with van der Waals surface area (Å²) in [5, 5.41) is 12.6. The molecule has 1 heterocycles. The van der Waals surface area contributed by atoms with E-state index in [1.54, 1.807) is 35.4 Å². The van der Waals surface area contributed by atoms with Gasteiger partial charge in [0.05, 0.1) is 5.69 Å². The molecule has 0 radical (unpaired) electrons. The predicted octanol–water partition coefficient (Wildman–Crippen LogP) is 2.24. The lowest BCUT2D eigenvalue weighted by molar-refractivity contribution is -0.128. The van der Waals surface area contributed by atoms with E-state index >= 15 is 0 Å². The molecule has 0 aliphatic rings. The first-order valence-corrected chi connectivity index (χ1v) is 8.16. The summed E-state index contributed by atoms with van der Waals surface area (Å²) in [6.07, 6.45) is 1.35. The minimum absolute atomic E-state index is 0.148. The first kappa shape index (κ1) is 16.5. The van der Waals surface area contributed by atoms with Crippen LogP contribution in [-0.2, 0) is 4.79 Å². The van der Waals surface area contributed by atoms with E-state index in [2.05, 4.69) is 41.5 Å². The van der Waals surface area contributed by atoms with Crippen molar-refractivity contribution in [2.45, 2.75) is 31.8 Å². The molecule has 0 saturated carbocycles. The molecule has 0 bridgehead atoms. The van der Waals surface area contributed by atoms with Crippen LogP contribution in [0.2, 0.25) is 0 Å². The van der Waals surface area contributed by atoms with E-state index in [0.29, 0.717) is 6.42 Å². The van der Waals surface area contributed by atoms with Crippen LogP contribution in [0.5, 0.6) is 0 Å². The van der Waals surface area contributed by atoms with Crippen molar-refractivity contribution in [1.82, 2.24) is 25.1 Å². The Morgan fingerprint density at radius 3 is 2.73 bits per heavy atom. The molecular formula is C15H21N5OS. The maximum Gasteiger partial charge on any atom is 0.222 e. The van der Waals surface area contributed by atoms with E-state index in [1.165, 1.54) is 11.1 Å². The van der Waals surface area contributed by atoms with Gasteiger partial charge in [-0.25, -0.2) is 0 Å². The average Bonchev–Trinajstić information content (AvgIpc) is 2.94. The van der Waals surface area contributed by atoms with Crippen molar-refractivity contribution in [2.75, 3.05) is 19.8 Å². The second-order valence-corrected chi connectivity index (χ2v) is 6.44. The van der Waals surface area contributed by atoms with E-state index in [0.717, 1.165) is 23.0 Å². The van der Waals surface area contributed by atoms with Gasteiger partial charge in [-0.2, -0.15) is 4.68 Å². The van der Waals surface area contributed by atoms with Crippen LogP contribution in [-0.4, -0.2) is 50.9 Å². The summed E-state index contributed by atoms with van der Waals surface area (Å²) in [5.41, 5.74) is 3.41. The summed E-state index contributed by atoms with van der Waals surface area (Å²) in [4.78, 5) is 13.1. The normalized spacial score (nSPS) is 10.7. The van der Waals surface area contributed by atoms with Crippen LogP contribution in [0, 0.1) is 13.8 Å². The Bertz CT molecular complexity index is 653. The molecule has 0 aliphatic carbocycles. The summed E-state index contributed by atoms with van der Waals surface area (Å²) in [5.74, 6) is 0.958. The van der Waals surface area contributed by atoms with E-state index < -0.39 is 0 Å². The zero-order chi connectivity index (χ0) is 16.1. The van der Waals surface area contributed by atoms with Gasteiger partial charge < -0.3 is 4.90 Å². The minimum atomic E-state index is 0.148. The number of hydrogen-bond donors (Lipinski definition) is 0. The van der Waals surface area contributed by atoms with Crippen molar-refractivity contribution in [3.8, 4) is 5.69 Å². The van der Waals surface area contributed by atoms with Crippen LogP contribution in [0.1, 0.15) is 24.0 Å². The summed E-state index contributed by atoms with van der Waals surface area (Å²) >= 11 is 1.57. The lowest BCUT2D eigenvalue weighted by Gasteiger charge is -2.09. The molecular weight excluding hydrogens is 298 g/mol. The fraction of sp³-hybridized carbons (Fsp3) is 0.467. The van der Waals surface area contributed by atoms with Gasteiger partial charge >= 0.3 is 0 Å². The number of aromatic nitrogens is 4. The van der Waals surface area contributed by atoms with Crippen LogP contribution >= 0.6 is 11.8 Å². The van der Waals surface area contributed by atoms with Crippen LogP contribution in [0.3, 0.4) is 0 Å². The van der Waals surface area contributed by atoms with Crippen molar-refractivity contribution in [2.24, 2.45) is 0 Å². The summed E-state index contributed by atoms with van der Waals surface area (Å²) in [7, 11) is 3.55. The highest BCUT2D eigenvalue weighted by atomic mass is 32.2. The maximum absolute atomic E-state index is 11.5. The molecule has 2 aromatic rings. The number of carbonyl (C=O) groups is 1. The van der Waals surface area contributed by atoms with Gasteiger partial charge in [-0.15, -0.1) is 5.10 Å². The van der Waals surface area contributed by atoms with Crippen molar-refractivity contribution in [3.63, 3.8) is 0 Å². The summed E-state index contributed by atoms with van der Waals surface area (Å²) in [6, 6.07) is 6.15. The number of amides is 1. The molecule has 0 spiro atoms. The zero-order valence-electron chi connectivity index (χ0n) is 13.4. The molecule has 0 fully saturated rings. The maximum atomic E-state index is 11.5. The fourth-order valence-electron chi connectivity index (χ4n) is 1.90. The Morgan fingerprint density at radius 2 is 2.05 bits per heavy atom. The zero-order valence-corrected chi connectivity index (χ0v) is 14.2. The van der Waals surface area contributed by atoms with Gasteiger partial charge in [0.1, 0.15) is 0 Å². The average molecular weight is 319 g/mol. The number of benzene rings is 1. The molecule has 0 saturated heterocycles. The van der Waals surface area contributed by atoms with Crippen molar-refractivity contribution < 1.29 is 4.79 Å². The molecule has 1 amide bonds. The number of hydrogen-bond acceptors (Lipinski definition) is 5. The summed E-state index contributed by atoms with van der Waals surface area (Å²) < 4.78 is 1.74. The van der Waals surface area contributed by atoms with Crippen LogP contribution in [0.4, 0.5) is 0 Å². The van der Waals surface area contributed by atoms with Crippen molar-refractivity contribution in [3.05, 3.63) is 29.3 Å². The Morgan fingerprint density at radius 1 is 1.27 bits per heavy atom. The standard InChI is InChI=1S/C15H21N5OS/c1-11-7-8-13(10-12(11)2)20-15(16-17-18-20)22-9-5-6-14(21)19(3)4/h7-8,10H,5-6,9H2,1-4H3. The van der Waals surface area contributed by atoms with Crippen LogP contribution in [0.25, 0.3) is 5.69 Å². The third kappa shape index (κ3) is 4.07. The molecule has 2 rings (SSSR count). The van der Waals surface area contributed by atoms with Gasteiger partial charge in [0.25, 0.3) is 0 Å². The number of rotatable bonds is 6. The van der Waals surface area contributed by atoms with Gasteiger partial charge in [-0.1, -0.05) is 17.8 Å². The fourth-order valence-corrected chi connectivity index (χ4v) is 2.73. The Kier molecular flexibility index (Phi) is 5.54. The number of thioether (sulfide) groups is 1. The van der Waals surface area contributed by atoms with Gasteiger partial charge in [-0.05, 0) is 54.0 Å². The molecule has 0 unspecified atom stereocenters. The Balaban J connectivity index is 1.98. The molecule has 0 N–H and O–H groups in total. The smallest absolute Gasteiger partial charge is 0.222 e. The molecule has 0 atom stereocenters. The molecule has 1 aromatic heterocycles. The van der Waals surface area contributed by atoms with E-state index in [9.17, 15) is 4.79 Å². The number of tetrazole rings is 1. The quantitative estimate of drug-likeness (QED) is 0.603. The van der Waals surface area contributed by atoms with Gasteiger partial charge in [0.15, 0.2) is 0 Å². The Hall–Kier alpha value is -1.89. The molecule has 0 aliphatic heterocycles. The second kappa shape index (κ2) is 7.40. The SMILES string of the molecule is Cc1ccc(-n2nnnc2SCCCC(=O)N(C)C)cc1C. The monoisotopic (exact) mass is 319 g/mol.